The zero-order chi connectivity index (χ0) is 47.0. The summed E-state index contributed by atoms with van der Waals surface area (Å²) >= 11 is 0. The molecule has 0 amide bonds. The van der Waals surface area contributed by atoms with Crippen molar-refractivity contribution < 1.29 is 84.6 Å². The quantitative estimate of drug-likeness (QED) is 0.146. The molecule has 0 aromatic rings. The van der Waals surface area contributed by atoms with E-state index in [0.29, 0.717) is 19.3 Å². The molecule has 11 N–H and O–H groups in total. The number of hydrogen-bond donors (Lipinski definition) is 11. The van der Waals surface area contributed by atoms with E-state index < -0.39 is 122 Å². The Hall–Kier alpha value is -0.680. The molecule has 17 nitrogen and oxygen atoms in total. The molecule has 64 heavy (non-hydrogen) atoms. The van der Waals surface area contributed by atoms with Gasteiger partial charge in [-0.05, 0) is 129 Å². The number of ether oxygens (including phenoxy) is 6. The van der Waals surface area contributed by atoms with Crippen LogP contribution in [0.2, 0.25) is 0 Å². The monoisotopic (exact) mass is 917 g/mol. The third-order valence-electron chi connectivity index (χ3n) is 19.7. The van der Waals surface area contributed by atoms with Crippen LogP contribution in [0.5, 0.6) is 0 Å². The van der Waals surface area contributed by atoms with E-state index in [2.05, 4.69) is 41.5 Å². The summed E-state index contributed by atoms with van der Waals surface area (Å²) in [7, 11) is 0. The molecule has 8 rings (SSSR count). The van der Waals surface area contributed by atoms with Crippen LogP contribution in [0.15, 0.2) is 0 Å². The first-order valence-corrected chi connectivity index (χ1v) is 24.0. The summed E-state index contributed by atoms with van der Waals surface area (Å²) in [5.74, 6) is -0.0429. The van der Waals surface area contributed by atoms with E-state index in [1.807, 2.05) is 13.8 Å². The van der Waals surface area contributed by atoms with E-state index in [0.717, 1.165) is 32.1 Å². The van der Waals surface area contributed by atoms with Gasteiger partial charge in [-0.25, -0.2) is 0 Å². The minimum Gasteiger partial charge on any atom is -0.394 e. The van der Waals surface area contributed by atoms with E-state index in [9.17, 15) is 56.2 Å². The maximum atomic E-state index is 12.7. The van der Waals surface area contributed by atoms with Crippen LogP contribution in [0.1, 0.15) is 114 Å². The average Bonchev–Trinajstić information content (AvgIpc) is 3.59. The van der Waals surface area contributed by atoms with Crippen LogP contribution >= 0.6 is 0 Å². The van der Waals surface area contributed by atoms with Crippen LogP contribution in [-0.4, -0.2) is 179 Å². The third kappa shape index (κ3) is 7.43. The van der Waals surface area contributed by atoms with Crippen molar-refractivity contribution in [2.24, 2.45) is 56.7 Å². The summed E-state index contributed by atoms with van der Waals surface area (Å²) in [4.78, 5) is 0. The van der Waals surface area contributed by atoms with Gasteiger partial charge in [-0.3, -0.25) is 0 Å². The van der Waals surface area contributed by atoms with Crippen molar-refractivity contribution >= 4 is 0 Å². The molecule has 5 aliphatic carbocycles. The van der Waals surface area contributed by atoms with Gasteiger partial charge in [0, 0.05) is 0 Å². The Morgan fingerprint density at radius 2 is 1.17 bits per heavy atom. The summed E-state index contributed by atoms with van der Waals surface area (Å²) in [5.41, 5.74) is -2.82. The molecule has 26 unspecified atom stereocenters. The second kappa shape index (κ2) is 17.0. The molecule has 3 heterocycles. The molecule has 5 saturated carbocycles. The Balaban J connectivity index is 1.01. The van der Waals surface area contributed by atoms with Gasteiger partial charge in [-0.2, -0.15) is 0 Å². The van der Waals surface area contributed by atoms with E-state index in [1.165, 1.54) is 6.92 Å². The lowest BCUT2D eigenvalue weighted by Crippen LogP contribution is -2.71. The predicted molar refractivity (Wildman–Crippen MR) is 225 cm³/mol. The molecule has 26 atom stereocenters. The molecule has 3 saturated heterocycles. The molecule has 0 radical (unpaired) electrons. The standard InChI is InChI=1S/C47H80O17/c1-20-30(52)33(55)35(57)39(60-20)63-37-31(53)24(51)19-59-41(37)62-28-13-15-45(7)27-11-10-26-44(6)14-12-21(43(4,5)64-40-36(58)34(56)32(54)25(18-48)61-40)29(44)22(49)16-46(26,8)47(27,9)17-23(50)38(45)42(28,2)3/h20-41,48-58H,10-19H2,1-9H3. The molecule has 3 aliphatic heterocycles. The molecule has 0 aromatic carbocycles. The second-order valence-corrected chi connectivity index (χ2v) is 23.7. The van der Waals surface area contributed by atoms with Crippen LogP contribution in [0.25, 0.3) is 0 Å². The normalized spacial score (nSPS) is 57.6. The zero-order valence-corrected chi connectivity index (χ0v) is 39.1. The Morgan fingerprint density at radius 3 is 1.81 bits per heavy atom. The van der Waals surface area contributed by atoms with Gasteiger partial charge in [0.1, 0.15) is 61.0 Å². The van der Waals surface area contributed by atoms with Crippen LogP contribution in [0, 0.1) is 56.7 Å². The fraction of sp³-hybridized carbons (Fsp3) is 1.00. The van der Waals surface area contributed by atoms with Gasteiger partial charge in [0.2, 0.25) is 0 Å². The summed E-state index contributed by atoms with van der Waals surface area (Å²) in [5, 5.41) is 120. The highest BCUT2D eigenvalue weighted by Crippen LogP contribution is 2.78. The summed E-state index contributed by atoms with van der Waals surface area (Å²) in [6.45, 7) is 18.1. The molecule has 8 fully saturated rings. The SMILES string of the molecule is CC1OC(OC2C(OC3CCC4(C)C(C(O)CC5(C)C4CCC4C6(C)CCC(C(C)(C)OC7OC(CO)C(O)C(O)C7O)C6C(O)CC45C)C3(C)C)OCC(O)C2O)C(O)C(O)C1O. The van der Waals surface area contributed by atoms with Crippen LogP contribution < -0.4 is 0 Å². The minimum atomic E-state index is -1.65. The van der Waals surface area contributed by atoms with Gasteiger partial charge in [0.15, 0.2) is 18.9 Å². The molecular formula is C47H80O17. The summed E-state index contributed by atoms with van der Waals surface area (Å²) in [6.07, 6.45) is -15.2. The lowest BCUT2D eigenvalue weighted by molar-refractivity contribution is -0.367. The molecule has 0 spiro atoms. The van der Waals surface area contributed by atoms with Gasteiger partial charge in [-0.1, -0.05) is 41.5 Å². The fourth-order valence-electron chi connectivity index (χ4n) is 16.5. The third-order valence-corrected chi connectivity index (χ3v) is 19.7. The van der Waals surface area contributed by atoms with Crippen molar-refractivity contribution in [3.63, 3.8) is 0 Å². The number of fused-ring (bicyclic) bond motifs is 7. The Bertz CT molecular complexity index is 1670. The molecule has 0 bridgehead atoms. The van der Waals surface area contributed by atoms with E-state index in [1.54, 1.807) is 0 Å². The number of hydrogen-bond acceptors (Lipinski definition) is 17. The van der Waals surface area contributed by atoms with Crippen molar-refractivity contribution in [3.8, 4) is 0 Å². The first-order chi connectivity index (χ1) is 29.7. The lowest BCUT2D eigenvalue weighted by Gasteiger charge is -2.74. The molecular weight excluding hydrogens is 837 g/mol. The Kier molecular flexibility index (Phi) is 13.2. The fourth-order valence-corrected chi connectivity index (χ4v) is 16.5. The first kappa shape index (κ1) is 49.7. The highest BCUT2D eigenvalue weighted by Gasteiger charge is 2.74. The van der Waals surface area contributed by atoms with Gasteiger partial charge >= 0.3 is 0 Å². The maximum absolute atomic E-state index is 12.7. The van der Waals surface area contributed by atoms with Crippen molar-refractivity contribution in [1.29, 1.82) is 0 Å². The van der Waals surface area contributed by atoms with Crippen molar-refractivity contribution in [2.75, 3.05) is 13.2 Å². The highest BCUT2D eigenvalue weighted by molar-refractivity contribution is 5.23. The maximum Gasteiger partial charge on any atom is 0.187 e. The van der Waals surface area contributed by atoms with Crippen molar-refractivity contribution in [1.82, 2.24) is 0 Å². The predicted octanol–water partition coefficient (Wildman–Crippen LogP) is 0.301. The van der Waals surface area contributed by atoms with Gasteiger partial charge < -0.3 is 84.6 Å². The smallest absolute Gasteiger partial charge is 0.187 e. The van der Waals surface area contributed by atoms with E-state index >= 15 is 0 Å². The molecule has 17 heteroatoms. The largest absolute Gasteiger partial charge is 0.394 e. The number of rotatable bonds is 8. The zero-order valence-electron chi connectivity index (χ0n) is 39.1. The van der Waals surface area contributed by atoms with E-state index in [-0.39, 0.29) is 57.9 Å². The lowest BCUT2D eigenvalue weighted by atomic mass is 9.31. The summed E-state index contributed by atoms with van der Waals surface area (Å²) in [6, 6.07) is 0. The van der Waals surface area contributed by atoms with E-state index in [4.69, 9.17) is 28.4 Å². The first-order valence-electron chi connectivity index (χ1n) is 24.0. The number of aliphatic hydroxyl groups is 11. The van der Waals surface area contributed by atoms with Gasteiger partial charge in [0.05, 0.1) is 43.2 Å². The van der Waals surface area contributed by atoms with Crippen LogP contribution in [0.4, 0.5) is 0 Å². The Morgan fingerprint density at radius 1 is 0.594 bits per heavy atom. The average molecular weight is 917 g/mol. The molecule has 8 aliphatic rings. The highest BCUT2D eigenvalue weighted by atomic mass is 16.8. The topological polar surface area (TPSA) is 278 Å². The second-order valence-electron chi connectivity index (χ2n) is 23.7. The minimum absolute atomic E-state index is 0.129. The molecule has 370 valence electrons. The van der Waals surface area contributed by atoms with Gasteiger partial charge in [0.25, 0.3) is 0 Å². The van der Waals surface area contributed by atoms with Crippen molar-refractivity contribution in [2.45, 2.75) is 224 Å². The summed E-state index contributed by atoms with van der Waals surface area (Å²) < 4.78 is 36.7. The molecule has 0 aromatic heterocycles. The van der Waals surface area contributed by atoms with Crippen LogP contribution in [0.3, 0.4) is 0 Å². The Labute approximate surface area is 377 Å². The number of aliphatic hydroxyl groups excluding tert-OH is 11. The van der Waals surface area contributed by atoms with Crippen molar-refractivity contribution in [3.05, 3.63) is 0 Å². The van der Waals surface area contributed by atoms with Crippen LogP contribution in [-0.2, 0) is 28.4 Å². The van der Waals surface area contributed by atoms with Gasteiger partial charge in [-0.15, -0.1) is 0 Å².